The van der Waals surface area contributed by atoms with Gasteiger partial charge in [-0.3, -0.25) is 29.9 Å². The van der Waals surface area contributed by atoms with E-state index in [2.05, 4.69) is 29.9 Å². The first-order valence-electron chi connectivity index (χ1n) is 30.6. The van der Waals surface area contributed by atoms with Gasteiger partial charge >= 0.3 is 35.8 Å². The number of aromatic nitrogens is 6. The molecule has 18 nitrogen and oxygen atoms in total. The summed E-state index contributed by atoms with van der Waals surface area (Å²) in [6, 6.07) is 61.9. The van der Waals surface area contributed by atoms with Crippen molar-refractivity contribution in [3.05, 3.63) is 326 Å². The molecule has 0 bridgehead atoms. The quantitative estimate of drug-likeness (QED) is 0.0404. The number of hydrogen-bond acceptors (Lipinski definition) is 24. The molecule has 13 aromatic rings. The molecule has 24 heteroatoms. The lowest BCUT2D eigenvalue weighted by Gasteiger charge is -2.25. The van der Waals surface area contributed by atoms with Crippen LogP contribution in [0.25, 0.3) is 0 Å². The van der Waals surface area contributed by atoms with Gasteiger partial charge in [0.25, 0.3) is 0 Å². The molecule has 6 heterocycles. The number of rotatable bonds is 24. The fourth-order valence-corrected chi connectivity index (χ4v) is 16.5. The molecule has 0 radical (unpaired) electrons. The van der Waals surface area contributed by atoms with Crippen LogP contribution in [-0.2, 0) is 0 Å². The zero-order chi connectivity index (χ0) is 70.0. The summed E-state index contributed by atoms with van der Waals surface area (Å²) in [5.41, 5.74) is 1.92. The standard InChI is InChI=1S/C78H48N6O12S6/c85-73(49-25-37-79-38-26-49)91-55-1-13-61(14-2-55)97-67-68(98-62-15-3-56(4-16-62)92-74(86)50-27-39-80-40-28-50)70(100-64-19-7-58(8-20-64)94-76(88)52-31-43-82-44-32-52)72(102-66-23-11-60(12-24-66)96-78(90)54-35-47-84-48-36-54)71(101-65-21-9-59(10-22-65)95-77(89)53-33-45-83-46-34-53)69(67)99-63-17-5-57(6-18-63)93-75(87)51-29-41-81-42-30-51/h1-48H. The zero-order valence-electron chi connectivity index (χ0n) is 52.7. The molecule has 7 aromatic carbocycles. The van der Waals surface area contributed by atoms with E-state index in [1.165, 1.54) is 145 Å². The number of esters is 6. The number of carbonyl (C=O) groups is 6. The molecule has 0 spiro atoms. The average Bonchev–Trinajstić information content (AvgIpc) is 0.749. The van der Waals surface area contributed by atoms with Crippen LogP contribution in [0.3, 0.4) is 0 Å². The molecular formula is C78H48N6O12S6. The second-order valence-corrected chi connectivity index (χ2v) is 27.7. The summed E-state index contributed by atoms with van der Waals surface area (Å²) in [6.07, 6.45) is 18.2. The molecule has 102 heavy (non-hydrogen) atoms. The largest absolute Gasteiger partial charge is 0.423 e. The van der Waals surface area contributed by atoms with Gasteiger partial charge in [-0.05, 0) is 218 Å². The highest BCUT2D eigenvalue weighted by molar-refractivity contribution is 8.07. The predicted octanol–water partition coefficient (Wildman–Crippen LogP) is 18.3. The molecule has 0 aliphatic heterocycles. The Balaban J connectivity index is 0.999. The van der Waals surface area contributed by atoms with E-state index in [0.717, 1.165) is 58.7 Å². The van der Waals surface area contributed by atoms with Crippen molar-refractivity contribution in [2.24, 2.45) is 0 Å². The van der Waals surface area contributed by atoms with Gasteiger partial charge in [0.15, 0.2) is 0 Å². The summed E-state index contributed by atoms with van der Waals surface area (Å²) in [5, 5.41) is 0. The topological polar surface area (TPSA) is 235 Å². The normalized spacial score (nSPS) is 10.8. The third-order valence-electron chi connectivity index (χ3n) is 14.3. The predicted molar refractivity (Wildman–Crippen MR) is 385 cm³/mol. The highest BCUT2D eigenvalue weighted by atomic mass is 32.2. The van der Waals surface area contributed by atoms with Gasteiger partial charge in [-0.2, -0.15) is 0 Å². The SMILES string of the molecule is O=C(Oc1ccc(Sc2c(Sc3ccc(OC(=O)c4ccncc4)cc3)c(Sc3ccc(OC(=O)c4ccncc4)cc3)c(Sc3ccc(OC(=O)c4ccncc4)cc3)c(Sc3ccc(OC(=O)c4ccncc4)cc3)c2Sc2ccc(OC(=O)c3ccncc3)cc2)cc1)c1ccncc1. The van der Waals surface area contributed by atoms with Gasteiger partial charge in [0, 0.05) is 133 Å². The molecule has 0 aliphatic rings. The molecule has 0 saturated carbocycles. The number of benzene rings is 7. The van der Waals surface area contributed by atoms with E-state index in [9.17, 15) is 28.8 Å². The Morgan fingerprint density at radius 1 is 0.176 bits per heavy atom. The van der Waals surface area contributed by atoms with Crippen molar-refractivity contribution in [3.8, 4) is 34.5 Å². The van der Waals surface area contributed by atoms with Crippen LogP contribution in [-0.4, -0.2) is 65.7 Å². The maximum Gasteiger partial charge on any atom is 0.343 e. The summed E-state index contributed by atoms with van der Waals surface area (Å²) in [5.74, 6) is -1.64. The van der Waals surface area contributed by atoms with E-state index >= 15 is 0 Å². The maximum atomic E-state index is 13.4. The van der Waals surface area contributed by atoms with E-state index in [1.54, 1.807) is 146 Å². The first-order chi connectivity index (χ1) is 50.0. The van der Waals surface area contributed by atoms with Gasteiger partial charge in [0.2, 0.25) is 0 Å². The second kappa shape index (κ2) is 33.5. The van der Waals surface area contributed by atoms with E-state index in [4.69, 9.17) is 28.4 Å². The van der Waals surface area contributed by atoms with Crippen LogP contribution in [0.1, 0.15) is 62.1 Å². The van der Waals surface area contributed by atoms with E-state index < -0.39 is 35.8 Å². The molecule has 0 unspecified atom stereocenters. The molecule has 6 aromatic heterocycles. The highest BCUT2D eigenvalue weighted by Gasteiger charge is 2.30. The van der Waals surface area contributed by atoms with Gasteiger partial charge in [-0.1, -0.05) is 70.6 Å². The van der Waals surface area contributed by atoms with Crippen LogP contribution in [0.15, 0.2) is 351 Å². The molecule has 0 atom stereocenters. The number of nitrogens with zero attached hydrogens (tertiary/aromatic N) is 6. The first kappa shape index (κ1) is 68.9. The van der Waals surface area contributed by atoms with E-state index in [1.807, 2.05) is 72.8 Å². The Kier molecular flexibility index (Phi) is 22.6. The minimum Gasteiger partial charge on any atom is -0.423 e. The van der Waals surface area contributed by atoms with Crippen LogP contribution >= 0.6 is 70.6 Å². The molecule has 0 N–H and O–H groups in total. The first-order valence-corrected chi connectivity index (χ1v) is 35.5. The molecule has 498 valence electrons. The molecule has 0 saturated heterocycles. The van der Waals surface area contributed by atoms with Gasteiger partial charge in [-0.15, -0.1) is 0 Å². The molecule has 0 amide bonds. The van der Waals surface area contributed by atoms with Crippen molar-refractivity contribution >= 4 is 106 Å². The van der Waals surface area contributed by atoms with Crippen LogP contribution in [0.2, 0.25) is 0 Å². The van der Waals surface area contributed by atoms with Crippen LogP contribution in [0.5, 0.6) is 34.5 Å². The zero-order valence-corrected chi connectivity index (χ0v) is 57.6. The minimum absolute atomic E-state index is 0.294. The summed E-state index contributed by atoms with van der Waals surface area (Å²) < 4.78 is 35.2. The van der Waals surface area contributed by atoms with Crippen LogP contribution in [0, 0.1) is 0 Å². The summed E-state index contributed by atoms with van der Waals surface area (Å²) in [6.45, 7) is 0. The van der Waals surface area contributed by atoms with Crippen molar-refractivity contribution < 1.29 is 57.2 Å². The number of carbonyl (C=O) groups excluding carboxylic acids is 6. The monoisotopic (exact) mass is 1450 g/mol. The third kappa shape index (κ3) is 18.2. The average molecular weight is 1450 g/mol. The lowest BCUT2D eigenvalue weighted by molar-refractivity contribution is 0.0725. The van der Waals surface area contributed by atoms with E-state index in [0.29, 0.717) is 67.9 Å². The lowest BCUT2D eigenvalue weighted by Crippen LogP contribution is -2.08. The highest BCUT2D eigenvalue weighted by Crippen LogP contribution is 2.60. The lowest BCUT2D eigenvalue weighted by atomic mass is 10.3. The van der Waals surface area contributed by atoms with E-state index in [-0.39, 0.29) is 0 Å². The summed E-state index contributed by atoms with van der Waals surface area (Å²) in [4.78, 5) is 114. The fourth-order valence-electron chi connectivity index (χ4n) is 9.26. The number of hydrogen-bond donors (Lipinski definition) is 0. The molecule has 0 fully saturated rings. The van der Waals surface area contributed by atoms with Gasteiger partial charge in [0.05, 0.1) is 33.4 Å². The van der Waals surface area contributed by atoms with Gasteiger partial charge in [-0.25, -0.2) is 28.8 Å². The van der Waals surface area contributed by atoms with Crippen molar-refractivity contribution in [2.45, 2.75) is 58.7 Å². The minimum atomic E-state index is -0.566. The van der Waals surface area contributed by atoms with Gasteiger partial charge < -0.3 is 28.4 Å². The number of ether oxygens (including phenoxy) is 6. The fraction of sp³-hybridized carbons (Fsp3) is 0. The van der Waals surface area contributed by atoms with Gasteiger partial charge in [0.1, 0.15) is 34.5 Å². The third-order valence-corrected chi connectivity index (χ3v) is 21.8. The molecule has 0 aliphatic carbocycles. The van der Waals surface area contributed by atoms with Crippen LogP contribution in [0.4, 0.5) is 0 Å². The van der Waals surface area contributed by atoms with Crippen molar-refractivity contribution in [2.75, 3.05) is 0 Å². The summed E-state index contributed by atoms with van der Waals surface area (Å²) in [7, 11) is 0. The molecular weight excluding hydrogens is 1410 g/mol. The van der Waals surface area contributed by atoms with Crippen molar-refractivity contribution in [1.29, 1.82) is 0 Å². The Morgan fingerprint density at radius 2 is 0.294 bits per heavy atom. The Hall–Kier alpha value is -11.6. The van der Waals surface area contributed by atoms with Crippen molar-refractivity contribution in [3.63, 3.8) is 0 Å². The molecule has 13 rings (SSSR count). The Morgan fingerprint density at radius 3 is 0.412 bits per heavy atom. The van der Waals surface area contributed by atoms with Crippen molar-refractivity contribution in [1.82, 2.24) is 29.9 Å². The summed E-state index contributed by atoms with van der Waals surface area (Å²) >= 11 is 8.73. The second-order valence-electron chi connectivity index (χ2n) is 21.2. The smallest absolute Gasteiger partial charge is 0.343 e. The Labute approximate surface area is 608 Å². The Bertz CT molecular complexity index is 4260. The number of pyridine rings is 6. The maximum absolute atomic E-state index is 13.4. The van der Waals surface area contributed by atoms with Crippen LogP contribution < -0.4 is 28.4 Å².